The van der Waals surface area contributed by atoms with Crippen molar-refractivity contribution < 1.29 is 58.5 Å². The number of aliphatic carboxylic acids is 1. The maximum atomic E-state index is 13.3. The van der Waals surface area contributed by atoms with Crippen LogP contribution in [0.15, 0.2) is 60.8 Å². The summed E-state index contributed by atoms with van der Waals surface area (Å²) in [7, 11) is 0. The van der Waals surface area contributed by atoms with Crippen molar-refractivity contribution in [3.63, 3.8) is 0 Å². The molecule has 2 aromatic carbocycles. The smallest absolute Gasteiger partial charge is 0.550 e. The van der Waals surface area contributed by atoms with Crippen molar-refractivity contribution in [3.8, 4) is 16.9 Å². The molecule has 3 rings (SSSR count). The zero-order chi connectivity index (χ0) is 26.8. The molecule has 0 radical (unpaired) electrons. The van der Waals surface area contributed by atoms with Crippen molar-refractivity contribution in [2.24, 2.45) is 0 Å². The molecule has 0 saturated heterocycles. The minimum atomic E-state index is -1.38. The SMILES string of the molecule is Cc1ccnc(NCCCC(=O)NCC(=O)NC(CC(=O)[O-])c2cccc(-c3ccc(F)cc3O)c2)c1.[Na+]. The number of carboxylic acids is 1. The Balaban J connectivity index is 0.00000507. The summed E-state index contributed by atoms with van der Waals surface area (Å²) < 4.78 is 13.3. The summed E-state index contributed by atoms with van der Waals surface area (Å²) in [5, 5.41) is 29.6. The number of carbonyl (C=O) groups is 3. The number of halogens is 1. The predicted molar refractivity (Wildman–Crippen MR) is 134 cm³/mol. The van der Waals surface area contributed by atoms with E-state index < -0.39 is 30.2 Å². The molecule has 2 amide bonds. The topological polar surface area (TPSA) is 143 Å². The molecule has 38 heavy (non-hydrogen) atoms. The zero-order valence-electron chi connectivity index (χ0n) is 21.3. The number of anilines is 1. The molecular weight excluding hydrogens is 502 g/mol. The van der Waals surface area contributed by atoms with Gasteiger partial charge >= 0.3 is 29.6 Å². The zero-order valence-corrected chi connectivity index (χ0v) is 23.3. The third kappa shape index (κ3) is 9.77. The molecule has 1 heterocycles. The van der Waals surface area contributed by atoms with E-state index in [1.54, 1.807) is 30.5 Å². The van der Waals surface area contributed by atoms with Crippen LogP contribution in [0.3, 0.4) is 0 Å². The summed E-state index contributed by atoms with van der Waals surface area (Å²) in [6.45, 7) is 2.16. The summed E-state index contributed by atoms with van der Waals surface area (Å²) in [5.41, 5.74) is 2.37. The molecule has 0 bridgehead atoms. The van der Waals surface area contributed by atoms with Gasteiger partial charge in [-0.25, -0.2) is 9.37 Å². The van der Waals surface area contributed by atoms with E-state index in [0.29, 0.717) is 29.7 Å². The molecule has 11 heteroatoms. The molecule has 0 fully saturated rings. The second-order valence-electron chi connectivity index (χ2n) is 8.51. The van der Waals surface area contributed by atoms with Crippen molar-refractivity contribution in [2.75, 3.05) is 18.4 Å². The molecule has 3 aromatic rings. The number of hydrogen-bond acceptors (Lipinski definition) is 7. The first-order chi connectivity index (χ1) is 17.7. The normalized spacial score (nSPS) is 11.1. The van der Waals surface area contributed by atoms with Gasteiger partial charge in [0.15, 0.2) is 0 Å². The summed E-state index contributed by atoms with van der Waals surface area (Å²) in [4.78, 5) is 40.1. The molecule has 1 atom stereocenters. The van der Waals surface area contributed by atoms with Gasteiger partial charge in [0.2, 0.25) is 11.8 Å². The van der Waals surface area contributed by atoms with Crippen LogP contribution < -0.4 is 50.6 Å². The van der Waals surface area contributed by atoms with Crippen molar-refractivity contribution in [3.05, 3.63) is 77.7 Å². The summed E-state index contributed by atoms with van der Waals surface area (Å²) in [6, 6.07) is 12.9. The number of benzene rings is 2. The van der Waals surface area contributed by atoms with Crippen LogP contribution in [0.2, 0.25) is 0 Å². The number of nitrogens with one attached hydrogen (secondary N) is 3. The van der Waals surface area contributed by atoms with Crippen LogP contribution in [0.1, 0.15) is 36.4 Å². The Hall–Kier alpha value is -3.47. The molecule has 0 aliphatic rings. The average Bonchev–Trinajstić information content (AvgIpc) is 2.85. The number of phenolic OH excluding ortho intramolecular Hbond substituents is 1. The van der Waals surface area contributed by atoms with Gasteiger partial charge in [-0.15, -0.1) is 0 Å². The Morgan fingerprint density at radius 1 is 1.08 bits per heavy atom. The molecule has 0 aliphatic heterocycles. The van der Waals surface area contributed by atoms with E-state index in [-0.39, 0.29) is 54.2 Å². The molecule has 1 aromatic heterocycles. The number of hydrogen-bond donors (Lipinski definition) is 4. The molecular formula is C27H28FN4NaO5. The van der Waals surface area contributed by atoms with E-state index >= 15 is 0 Å². The first-order valence-electron chi connectivity index (χ1n) is 11.7. The monoisotopic (exact) mass is 530 g/mol. The van der Waals surface area contributed by atoms with Gasteiger partial charge in [-0.1, -0.05) is 18.2 Å². The van der Waals surface area contributed by atoms with Crippen LogP contribution in [0, 0.1) is 12.7 Å². The van der Waals surface area contributed by atoms with E-state index in [2.05, 4.69) is 20.9 Å². The minimum Gasteiger partial charge on any atom is -0.550 e. The molecule has 1 unspecified atom stereocenters. The molecule has 9 nitrogen and oxygen atoms in total. The fraction of sp³-hybridized carbons (Fsp3) is 0.259. The fourth-order valence-corrected chi connectivity index (χ4v) is 3.70. The Bertz CT molecular complexity index is 1270. The van der Waals surface area contributed by atoms with Crippen LogP contribution >= 0.6 is 0 Å². The van der Waals surface area contributed by atoms with Gasteiger partial charge in [-0.2, -0.15) is 0 Å². The Kier molecular flexibility index (Phi) is 12.2. The predicted octanol–water partition coefficient (Wildman–Crippen LogP) is -0.788. The number of nitrogens with zero attached hydrogens (tertiary/aromatic N) is 1. The van der Waals surface area contributed by atoms with Crippen molar-refractivity contribution in [1.82, 2.24) is 15.6 Å². The van der Waals surface area contributed by atoms with E-state index in [0.717, 1.165) is 17.4 Å². The number of aryl methyl sites for hydroxylation is 1. The number of phenols is 1. The van der Waals surface area contributed by atoms with Crippen LogP contribution in [-0.4, -0.2) is 41.0 Å². The van der Waals surface area contributed by atoms with Gasteiger partial charge in [-0.05, 0) is 60.4 Å². The van der Waals surface area contributed by atoms with E-state index in [1.165, 1.54) is 12.1 Å². The number of amides is 2. The summed E-state index contributed by atoms with van der Waals surface area (Å²) in [6.07, 6.45) is 1.91. The molecule has 0 aliphatic carbocycles. The van der Waals surface area contributed by atoms with E-state index in [9.17, 15) is 29.0 Å². The van der Waals surface area contributed by atoms with Gasteiger partial charge in [-0.3, -0.25) is 9.59 Å². The molecule has 4 N–H and O–H groups in total. The number of carboxylic acid groups (broad SMARTS) is 1. The van der Waals surface area contributed by atoms with Crippen molar-refractivity contribution in [2.45, 2.75) is 32.2 Å². The molecule has 0 spiro atoms. The summed E-state index contributed by atoms with van der Waals surface area (Å²) in [5.74, 6) is -2.42. The number of aromatic hydroxyl groups is 1. The number of aromatic nitrogens is 1. The van der Waals surface area contributed by atoms with Crippen LogP contribution in [-0.2, 0) is 14.4 Å². The second kappa shape index (κ2) is 15.1. The first-order valence-corrected chi connectivity index (χ1v) is 11.7. The van der Waals surface area contributed by atoms with Gasteiger partial charge in [0.1, 0.15) is 17.4 Å². The molecule has 0 saturated carbocycles. The third-order valence-corrected chi connectivity index (χ3v) is 5.51. The first kappa shape index (κ1) is 30.8. The maximum Gasteiger partial charge on any atom is 1.00 e. The number of pyridine rings is 1. The number of carbonyl (C=O) groups excluding carboxylic acids is 3. The standard InChI is InChI=1S/C27H29FN4O5.Na/c1-17-9-11-30-24(12-17)29-10-3-6-25(34)31-16-26(35)32-22(15-27(36)37)19-5-2-4-18(13-19)21-8-7-20(28)14-23(21)33;/h2,4-5,7-9,11-14,22,33H,3,6,10,15-16H2,1H3,(H,29,30)(H,31,34)(H,32,35)(H,36,37);/q;+1/p-1. The van der Waals surface area contributed by atoms with Crippen molar-refractivity contribution in [1.29, 1.82) is 0 Å². The Labute approximate surface area is 242 Å². The number of rotatable bonds is 12. The quantitative estimate of drug-likeness (QED) is 0.178. The maximum absolute atomic E-state index is 13.3. The van der Waals surface area contributed by atoms with Gasteiger partial charge < -0.3 is 31.0 Å². The Morgan fingerprint density at radius 2 is 1.87 bits per heavy atom. The van der Waals surface area contributed by atoms with Gasteiger partial charge in [0.05, 0.1) is 12.6 Å². The van der Waals surface area contributed by atoms with Crippen LogP contribution in [0.4, 0.5) is 10.2 Å². The Morgan fingerprint density at radius 3 is 2.58 bits per heavy atom. The second-order valence-corrected chi connectivity index (χ2v) is 8.51. The molecule has 194 valence electrons. The fourth-order valence-electron chi connectivity index (χ4n) is 3.70. The van der Waals surface area contributed by atoms with E-state index in [1.807, 2.05) is 19.1 Å². The van der Waals surface area contributed by atoms with Crippen LogP contribution in [0.25, 0.3) is 11.1 Å². The van der Waals surface area contributed by atoms with Gasteiger partial charge in [0, 0.05) is 43.2 Å². The van der Waals surface area contributed by atoms with Crippen molar-refractivity contribution >= 4 is 23.6 Å². The largest absolute Gasteiger partial charge is 1.00 e. The minimum absolute atomic E-state index is 0. The van der Waals surface area contributed by atoms with Gasteiger partial charge in [0.25, 0.3) is 0 Å². The average molecular weight is 531 g/mol. The third-order valence-electron chi connectivity index (χ3n) is 5.51. The van der Waals surface area contributed by atoms with Crippen LogP contribution in [0.5, 0.6) is 5.75 Å². The van der Waals surface area contributed by atoms with E-state index in [4.69, 9.17) is 0 Å². The summed E-state index contributed by atoms with van der Waals surface area (Å²) >= 11 is 0.